The maximum atomic E-state index is 13.9. The van der Waals surface area contributed by atoms with Gasteiger partial charge in [0.1, 0.15) is 5.82 Å². The van der Waals surface area contributed by atoms with Gasteiger partial charge in [-0.05, 0) is 43.4 Å². The lowest BCUT2D eigenvalue weighted by molar-refractivity contribution is 0.566. The van der Waals surface area contributed by atoms with Crippen LogP contribution in [0.2, 0.25) is 10.0 Å². The van der Waals surface area contributed by atoms with Gasteiger partial charge < -0.3 is 5.32 Å². The molecular weight excluding hydrogens is 316 g/mol. The molecule has 2 rings (SSSR count). The van der Waals surface area contributed by atoms with E-state index in [1.165, 1.54) is 6.07 Å². The number of rotatable bonds is 5. The van der Waals surface area contributed by atoms with Crippen LogP contribution in [-0.4, -0.2) is 12.8 Å². The summed E-state index contributed by atoms with van der Waals surface area (Å²) in [7, 11) is 1.82. The molecule has 1 nitrogen and oxygen atoms in total. The first-order chi connectivity index (χ1) is 9.60. The minimum atomic E-state index is -0.284. The molecule has 0 aromatic heterocycles. The van der Waals surface area contributed by atoms with E-state index in [0.29, 0.717) is 15.6 Å². The lowest BCUT2D eigenvalue weighted by atomic mass is 10.1. The Morgan fingerprint density at radius 3 is 2.35 bits per heavy atom. The molecule has 5 heteroatoms. The molecule has 0 saturated carbocycles. The molecule has 2 aromatic rings. The van der Waals surface area contributed by atoms with Crippen molar-refractivity contribution in [3.63, 3.8) is 0 Å². The fourth-order valence-corrected chi connectivity index (χ4v) is 3.14. The average molecular weight is 330 g/mol. The van der Waals surface area contributed by atoms with Gasteiger partial charge in [0.2, 0.25) is 0 Å². The van der Waals surface area contributed by atoms with Crippen molar-refractivity contribution in [2.45, 2.75) is 10.9 Å². The highest BCUT2D eigenvalue weighted by molar-refractivity contribution is 7.99. The van der Waals surface area contributed by atoms with Crippen LogP contribution in [0.4, 0.5) is 4.39 Å². The highest BCUT2D eigenvalue weighted by Crippen LogP contribution is 2.28. The molecule has 1 N–H and O–H groups in total. The number of thioether (sulfide) groups is 1. The minimum Gasteiger partial charge on any atom is -0.312 e. The largest absolute Gasteiger partial charge is 0.312 e. The minimum absolute atomic E-state index is 0.0760. The number of hydrogen-bond acceptors (Lipinski definition) is 2. The van der Waals surface area contributed by atoms with Crippen LogP contribution in [0.5, 0.6) is 0 Å². The van der Waals surface area contributed by atoms with Crippen molar-refractivity contribution in [2.75, 3.05) is 12.8 Å². The molecule has 1 atom stereocenters. The number of nitrogens with one attached hydrogen (secondary N) is 1. The van der Waals surface area contributed by atoms with Crippen molar-refractivity contribution >= 4 is 35.0 Å². The van der Waals surface area contributed by atoms with Gasteiger partial charge in [-0.2, -0.15) is 0 Å². The van der Waals surface area contributed by atoms with E-state index in [0.717, 1.165) is 10.6 Å². The van der Waals surface area contributed by atoms with Crippen molar-refractivity contribution in [2.24, 2.45) is 0 Å². The monoisotopic (exact) mass is 329 g/mol. The predicted molar refractivity (Wildman–Crippen MR) is 85.4 cm³/mol. The quantitative estimate of drug-likeness (QED) is 0.758. The van der Waals surface area contributed by atoms with Crippen molar-refractivity contribution in [3.05, 3.63) is 63.9 Å². The van der Waals surface area contributed by atoms with E-state index in [1.54, 1.807) is 23.9 Å². The topological polar surface area (TPSA) is 12.0 Å². The lowest BCUT2D eigenvalue weighted by Gasteiger charge is -2.17. The Morgan fingerprint density at radius 2 is 1.75 bits per heavy atom. The Morgan fingerprint density at radius 1 is 1.10 bits per heavy atom. The second kappa shape index (κ2) is 7.32. The van der Waals surface area contributed by atoms with E-state index in [9.17, 15) is 4.39 Å². The summed E-state index contributed by atoms with van der Waals surface area (Å²) in [6.45, 7) is 0. The van der Waals surface area contributed by atoms with Crippen LogP contribution < -0.4 is 5.32 Å². The van der Waals surface area contributed by atoms with Crippen LogP contribution in [0.1, 0.15) is 11.6 Å². The third kappa shape index (κ3) is 4.13. The first-order valence-corrected chi connectivity index (χ1v) is 7.85. The van der Waals surface area contributed by atoms with Crippen molar-refractivity contribution in [1.29, 1.82) is 0 Å². The smallest absolute Gasteiger partial charge is 0.129 e. The molecule has 0 aliphatic heterocycles. The number of halogens is 3. The summed E-state index contributed by atoms with van der Waals surface area (Å²) in [6, 6.07) is 12.3. The second-order valence-electron chi connectivity index (χ2n) is 4.27. The van der Waals surface area contributed by atoms with Crippen LogP contribution in [0.25, 0.3) is 0 Å². The second-order valence-corrected chi connectivity index (χ2v) is 6.24. The van der Waals surface area contributed by atoms with E-state index in [4.69, 9.17) is 23.2 Å². The van der Waals surface area contributed by atoms with E-state index in [2.05, 4.69) is 5.32 Å². The van der Waals surface area contributed by atoms with Gasteiger partial charge >= 0.3 is 0 Å². The van der Waals surface area contributed by atoms with Gasteiger partial charge in [-0.1, -0.05) is 29.3 Å². The van der Waals surface area contributed by atoms with Crippen LogP contribution >= 0.6 is 35.0 Å². The van der Waals surface area contributed by atoms with Gasteiger partial charge in [0.15, 0.2) is 0 Å². The highest BCUT2D eigenvalue weighted by atomic mass is 35.5. The summed E-state index contributed by atoms with van der Waals surface area (Å²) in [6.07, 6.45) is 0. The van der Waals surface area contributed by atoms with Crippen LogP contribution in [0.15, 0.2) is 47.4 Å². The van der Waals surface area contributed by atoms with Gasteiger partial charge in [0.05, 0.1) is 0 Å². The summed E-state index contributed by atoms with van der Waals surface area (Å²) < 4.78 is 13.9. The molecule has 1 unspecified atom stereocenters. The van der Waals surface area contributed by atoms with Crippen LogP contribution in [-0.2, 0) is 0 Å². The lowest BCUT2D eigenvalue weighted by Crippen LogP contribution is -2.20. The Hall–Kier alpha value is -0.740. The first-order valence-electron chi connectivity index (χ1n) is 6.10. The molecule has 0 amide bonds. The molecule has 0 spiro atoms. The van der Waals surface area contributed by atoms with E-state index >= 15 is 0 Å². The SMILES string of the molecule is CNC(CSc1ccc(Cl)cc1)c1ccc(Cl)cc1F. The van der Waals surface area contributed by atoms with Crippen molar-refractivity contribution in [1.82, 2.24) is 5.32 Å². The van der Waals surface area contributed by atoms with Gasteiger partial charge in [-0.15, -0.1) is 11.8 Å². The molecule has 0 aliphatic carbocycles. The highest BCUT2D eigenvalue weighted by Gasteiger charge is 2.14. The summed E-state index contributed by atoms with van der Waals surface area (Å²) in [4.78, 5) is 1.10. The summed E-state index contributed by atoms with van der Waals surface area (Å²) in [5.74, 6) is 0.435. The Balaban J connectivity index is 2.07. The molecular formula is C15H14Cl2FNS. The molecule has 2 aromatic carbocycles. The fourth-order valence-electron chi connectivity index (χ4n) is 1.82. The molecule has 20 heavy (non-hydrogen) atoms. The number of hydrogen-bond donors (Lipinski definition) is 1. The molecule has 0 radical (unpaired) electrons. The molecule has 0 fully saturated rings. The molecule has 0 aliphatic rings. The first kappa shape index (κ1) is 15.6. The van der Waals surface area contributed by atoms with Gasteiger partial charge in [-0.25, -0.2) is 4.39 Å². The van der Waals surface area contributed by atoms with Gasteiger partial charge in [0, 0.05) is 32.3 Å². The third-order valence-corrected chi connectivity index (χ3v) is 4.51. The van der Waals surface area contributed by atoms with E-state index in [1.807, 2.05) is 31.3 Å². The zero-order chi connectivity index (χ0) is 14.5. The Kier molecular flexibility index (Phi) is 5.73. The summed E-state index contributed by atoms with van der Waals surface area (Å²) in [5, 5.41) is 4.25. The van der Waals surface area contributed by atoms with Crippen LogP contribution in [0, 0.1) is 5.82 Å². The zero-order valence-corrected chi connectivity index (χ0v) is 13.2. The van der Waals surface area contributed by atoms with E-state index in [-0.39, 0.29) is 11.9 Å². The fraction of sp³-hybridized carbons (Fsp3) is 0.200. The Bertz CT molecular complexity index is 575. The summed E-state index contributed by atoms with van der Waals surface area (Å²) in [5.41, 5.74) is 0.623. The maximum absolute atomic E-state index is 13.9. The predicted octanol–water partition coefficient (Wildman–Crippen LogP) is 5.19. The van der Waals surface area contributed by atoms with Gasteiger partial charge in [-0.3, -0.25) is 0 Å². The van der Waals surface area contributed by atoms with Gasteiger partial charge in [0.25, 0.3) is 0 Å². The molecule has 0 bridgehead atoms. The van der Waals surface area contributed by atoms with E-state index < -0.39 is 0 Å². The molecule has 0 heterocycles. The number of benzene rings is 2. The maximum Gasteiger partial charge on any atom is 0.129 e. The Labute approximate surface area is 132 Å². The normalized spacial score (nSPS) is 12.4. The van der Waals surface area contributed by atoms with Crippen molar-refractivity contribution in [3.8, 4) is 0 Å². The van der Waals surface area contributed by atoms with Crippen LogP contribution in [0.3, 0.4) is 0 Å². The standard InChI is InChI=1S/C15H14Cl2FNS/c1-19-15(13-7-4-11(17)8-14(13)18)9-20-12-5-2-10(16)3-6-12/h2-8,15,19H,9H2,1H3. The summed E-state index contributed by atoms with van der Waals surface area (Å²) >= 11 is 13.3. The van der Waals surface area contributed by atoms with Crippen molar-refractivity contribution < 1.29 is 4.39 Å². The zero-order valence-electron chi connectivity index (χ0n) is 10.9. The average Bonchev–Trinajstić information content (AvgIpc) is 2.43. The third-order valence-electron chi connectivity index (χ3n) is 2.92. The molecule has 106 valence electrons. The molecule has 0 saturated heterocycles.